The van der Waals surface area contributed by atoms with Gasteiger partial charge in [-0.3, -0.25) is 9.78 Å². The van der Waals surface area contributed by atoms with E-state index in [-0.39, 0.29) is 31.9 Å². The minimum Gasteiger partial charge on any atom is -0.444 e. The molecule has 15 heavy (non-hydrogen) atoms. The second-order valence-corrected chi connectivity index (χ2v) is 3.42. The SMILES string of the molecule is CC(C)c1[c-]nc2c(=O)[nH]ccc2n1.[Re]. The number of H-pyrrole nitrogens is 1. The Bertz CT molecular complexity index is 521. The van der Waals surface area contributed by atoms with Crippen molar-refractivity contribution < 1.29 is 20.4 Å². The molecule has 0 fully saturated rings. The third-order valence-corrected chi connectivity index (χ3v) is 1.98. The van der Waals surface area contributed by atoms with Crippen molar-refractivity contribution >= 4 is 11.0 Å². The molecule has 0 aliphatic heterocycles. The Morgan fingerprint density at radius 2 is 2.20 bits per heavy atom. The zero-order valence-electron chi connectivity index (χ0n) is 8.41. The summed E-state index contributed by atoms with van der Waals surface area (Å²) in [5.74, 6) is 0.270. The molecule has 5 heteroatoms. The van der Waals surface area contributed by atoms with Crippen LogP contribution in [0.3, 0.4) is 0 Å². The standard InChI is InChI=1S/C10H10N3O.Re/c1-6(2)8-5-12-9-7(13-8)3-4-11-10(9)14;/h3-4,6H,1-2H3,(H,11,14);/q-1;. The zero-order valence-corrected chi connectivity index (χ0v) is 11.1. The Hall–Kier alpha value is -1.05. The van der Waals surface area contributed by atoms with Crippen LogP contribution in [-0.2, 0) is 20.4 Å². The van der Waals surface area contributed by atoms with Crippen LogP contribution < -0.4 is 5.56 Å². The predicted octanol–water partition coefficient (Wildman–Crippen LogP) is 1.24. The van der Waals surface area contributed by atoms with E-state index in [1.807, 2.05) is 13.8 Å². The van der Waals surface area contributed by atoms with E-state index < -0.39 is 0 Å². The zero-order chi connectivity index (χ0) is 10.1. The van der Waals surface area contributed by atoms with Crippen LogP contribution in [0.15, 0.2) is 17.1 Å². The van der Waals surface area contributed by atoms with Crippen LogP contribution in [0.4, 0.5) is 0 Å². The van der Waals surface area contributed by atoms with E-state index in [2.05, 4.69) is 21.1 Å². The number of aromatic nitrogens is 3. The molecule has 0 unspecified atom stereocenters. The summed E-state index contributed by atoms with van der Waals surface area (Å²) in [7, 11) is 0. The van der Waals surface area contributed by atoms with Gasteiger partial charge in [-0.1, -0.05) is 13.8 Å². The molecule has 2 aromatic rings. The maximum Gasteiger partial charge on any atom is 0.192 e. The molecule has 2 rings (SSSR count). The number of hydrogen-bond acceptors (Lipinski definition) is 3. The van der Waals surface area contributed by atoms with Crippen molar-refractivity contribution in [3.05, 3.63) is 34.5 Å². The third kappa shape index (κ3) is 2.31. The summed E-state index contributed by atoms with van der Waals surface area (Å²) in [4.78, 5) is 22.1. The number of pyridine rings is 1. The van der Waals surface area contributed by atoms with Gasteiger partial charge < -0.3 is 9.97 Å². The van der Waals surface area contributed by atoms with Crippen LogP contribution in [0.2, 0.25) is 0 Å². The smallest absolute Gasteiger partial charge is 0.192 e. The molecule has 0 bridgehead atoms. The van der Waals surface area contributed by atoms with Gasteiger partial charge >= 0.3 is 0 Å². The monoisotopic (exact) mass is 375 g/mol. The van der Waals surface area contributed by atoms with Crippen molar-refractivity contribution in [3.63, 3.8) is 0 Å². The Balaban J connectivity index is 0.00000112. The van der Waals surface area contributed by atoms with Gasteiger partial charge in [0, 0.05) is 32.1 Å². The van der Waals surface area contributed by atoms with Crippen molar-refractivity contribution in [1.82, 2.24) is 15.0 Å². The van der Waals surface area contributed by atoms with E-state index in [4.69, 9.17) is 0 Å². The van der Waals surface area contributed by atoms with Gasteiger partial charge in [0.2, 0.25) is 0 Å². The summed E-state index contributed by atoms with van der Waals surface area (Å²) in [6.45, 7) is 4.03. The first kappa shape index (κ1) is 12.0. The van der Waals surface area contributed by atoms with Crippen LogP contribution in [0.25, 0.3) is 11.0 Å². The fraction of sp³-hybridized carbons (Fsp3) is 0.300. The number of rotatable bonds is 1. The average molecular weight is 374 g/mol. The van der Waals surface area contributed by atoms with Crippen molar-refractivity contribution in [2.45, 2.75) is 19.8 Å². The first-order chi connectivity index (χ1) is 6.68. The molecule has 0 spiro atoms. The molecule has 0 amide bonds. The molecular weight excluding hydrogens is 364 g/mol. The normalized spacial score (nSPS) is 10.3. The maximum atomic E-state index is 11.3. The average Bonchev–Trinajstić information content (AvgIpc) is 2.17. The van der Waals surface area contributed by atoms with Crippen LogP contribution in [0, 0.1) is 6.20 Å². The molecule has 4 nitrogen and oxygen atoms in total. The maximum absolute atomic E-state index is 11.3. The van der Waals surface area contributed by atoms with Gasteiger partial charge in [-0.05, 0) is 23.2 Å². The molecule has 0 atom stereocenters. The van der Waals surface area contributed by atoms with Gasteiger partial charge in [0.15, 0.2) is 5.56 Å². The Labute approximate surface area is 101 Å². The van der Waals surface area contributed by atoms with Crippen molar-refractivity contribution in [2.24, 2.45) is 0 Å². The van der Waals surface area contributed by atoms with Crippen LogP contribution >= 0.6 is 0 Å². The molecule has 79 valence electrons. The quantitative estimate of drug-likeness (QED) is 0.764. The minimum atomic E-state index is -0.221. The number of hydrogen-bond donors (Lipinski definition) is 1. The van der Waals surface area contributed by atoms with Gasteiger partial charge in [-0.2, -0.15) is 0 Å². The molecule has 0 saturated carbocycles. The Kier molecular flexibility index (Phi) is 3.73. The summed E-state index contributed by atoms with van der Waals surface area (Å²) >= 11 is 0. The fourth-order valence-corrected chi connectivity index (χ4v) is 1.18. The van der Waals surface area contributed by atoms with Gasteiger partial charge in [-0.25, -0.2) is 0 Å². The molecule has 2 aromatic heterocycles. The summed E-state index contributed by atoms with van der Waals surface area (Å²) in [6, 6.07) is 1.74. The van der Waals surface area contributed by atoms with Gasteiger partial charge in [0.25, 0.3) is 0 Å². The Morgan fingerprint density at radius 3 is 2.87 bits per heavy atom. The van der Waals surface area contributed by atoms with E-state index >= 15 is 0 Å². The number of aromatic amines is 1. The second kappa shape index (κ2) is 4.65. The largest absolute Gasteiger partial charge is 0.444 e. The van der Waals surface area contributed by atoms with E-state index in [0.29, 0.717) is 11.0 Å². The van der Waals surface area contributed by atoms with Gasteiger partial charge in [0.1, 0.15) is 0 Å². The number of nitrogens with one attached hydrogen (secondary N) is 1. The number of fused-ring (bicyclic) bond motifs is 1. The molecule has 2 heterocycles. The second-order valence-electron chi connectivity index (χ2n) is 3.42. The molecule has 0 saturated heterocycles. The first-order valence-corrected chi connectivity index (χ1v) is 4.45. The van der Waals surface area contributed by atoms with Gasteiger partial charge in [-0.15, -0.1) is 6.20 Å². The first-order valence-electron chi connectivity index (χ1n) is 4.45. The van der Waals surface area contributed by atoms with E-state index in [1.54, 1.807) is 12.3 Å². The molecule has 1 radical (unpaired) electrons. The van der Waals surface area contributed by atoms with Crippen LogP contribution in [0.5, 0.6) is 0 Å². The van der Waals surface area contributed by atoms with Crippen LogP contribution in [0.1, 0.15) is 25.5 Å². The Morgan fingerprint density at radius 1 is 1.47 bits per heavy atom. The third-order valence-electron chi connectivity index (χ3n) is 1.98. The van der Waals surface area contributed by atoms with Crippen molar-refractivity contribution in [2.75, 3.05) is 0 Å². The molecular formula is C10H10N3ORe-. The molecule has 0 aliphatic rings. The molecule has 1 N–H and O–H groups in total. The van der Waals surface area contributed by atoms with Crippen molar-refractivity contribution in [3.8, 4) is 0 Å². The van der Waals surface area contributed by atoms with E-state index in [9.17, 15) is 4.79 Å². The van der Waals surface area contributed by atoms with Crippen LogP contribution in [-0.4, -0.2) is 15.0 Å². The predicted molar refractivity (Wildman–Crippen MR) is 53.1 cm³/mol. The summed E-state index contributed by atoms with van der Waals surface area (Å²) < 4.78 is 0. The molecule has 0 aromatic carbocycles. The summed E-state index contributed by atoms with van der Waals surface area (Å²) in [5, 5.41) is 0. The topological polar surface area (TPSA) is 58.6 Å². The fourth-order valence-electron chi connectivity index (χ4n) is 1.18. The van der Waals surface area contributed by atoms with E-state index in [1.165, 1.54) is 0 Å². The van der Waals surface area contributed by atoms with Gasteiger partial charge in [0.05, 0.1) is 0 Å². The molecule has 0 aliphatic carbocycles. The summed E-state index contributed by atoms with van der Waals surface area (Å²) in [5.41, 5.74) is 1.53. The number of nitrogens with zero attached hydrogens (tertiary/aromatic N) is 2. The van der Waals surface area contributed by atoms with E-state index in [0.717, 1.165) is 5.69 Å². The van der Waals surface area contributed by atoms with Crippen molar-refractivity contribution in [1.29, 1.82) is 0 Å². The summed E-state index contributed by atoms with van der Waals surface area (Å²) in [6.07, 6.45) is 4.34. The minimum absolute atomic E-state index is 0.